The molecule has 0 spiro atoms. The average molecular weight is 202 g/mol. The van der Waals surface area contributed by atoms with Crippen LogP contribution in [0.5, 0.6) is 0 Å². The van der Waals surface area contributed by atoms with Gasteiger partial charge in [0.05, 0.1) is 10.0 Å². The first-order valence-corrected chi connectivity index (χ1v) is 4.73. The van der Waals surface area contributed by atoms with E-state index in [1.807, 2.05) is 12.1 Å². The molecule has 0 aromatic heterocycles. The normalized spacial score (nSPS) is 10.2. The molecule has 0 nitrogen and oxygen atoms in total. The van der Waals surface area contributed by atoms with E-state index in [-0.39, 0.29) is 0 Å². The van der Waals surface area contributed by atoms with Gasteiger partial charge in [-0.05, 0) is 24.5 Å². The number of halogens is 2. The molecule has 0 aliphatic carbocycles. The first-order chi connectivity index (χ1) is 5.75. The molecule has 0 aliphatic rings. The van der Waals surface area contributed by atoms with E-state index in [2.05, 4.69) is 6.92 Å². The molecular weight excluding hydrogens is 191 g/mol. The molecule has 0 aliphatic heterocycles. The van der Waals surface area contributed by atoms with E-state index in [9.17, 15) is 0 Å². The summed E-state index contributed by atoms with van der Waals surface area (Å²) in [6, 6.07) is 5.73. The maximum Gasteiger partial charge on any atom is 0.0624 e. The number of rotatable bonds is 3. The summed E-state index contributed by atoms with van der Waals surface area (Å²) in [6.45, 7) is 3.78. The van der Waals surface area contributed by atoms with Crippen molar-refractivity contribution in [1.29, 1.82) is 0 Å². The smallest absolute Gasteiger partial charge is 0.0624 e. The molecule has 1 rings (SSSR count). The molecule has 1 aromatic rings. The van der Waals surface area contributed by atoms with Crippen molar-refractivity contribution in [3.05, 3.63) is 40.7 Å². The summed E-state index contributed by atoms with van der Waals surface area (Å²) in [5.41, 5.74) is 1.12. The minimum atomic E-state index is 0.637. The van der Waals surface area contributed by atoms with Crippen molar-refractivity contribution in [2.75, 3.05) is 0 Å². The van der Waals surface area contributed by atoms with Crippen LogP contribution in [0.15, 0.2) is 18.2 Å². The van der Waals surface area contributed by atoms with Gasteiger partial charge in [0.15, 0.2) is 0 Å². The Kier molecular flexibility index (Phi) is 3.90. The SMILES string of the molecule is [CH2]CCCc1cccc(Cl)c1Cl. The summed E-state index contributed by atoms with van der Waals surface area (Å²) < 4.78 is 0. The monoisotopic (exact) mass is 201 g/mol. The van der Waals surface area contributed by atoms with Crippen LogP contribution in [-0.4, -0.2) is 0 Å². The molecule has 1 aromatic carbocycles. The number of unbranched alkanes of at least 4 members (excludes halogenated alkanes) is 1. The third-order valence-electron chi connectivity index (χ3n) is 1.73. The highest BCUT2D eigenvalue weighted by molar-refractivity contribution is 6.42. The highest BCUT2D eigenvalue weighted by Gasteiger charge is 2.02. The van der Waals surface area contributed by atoms with Gasteiger partial charge in [0.25, 0.3) is 0 Å². The number of benzene rings is 1. The van der Waals surface area contributed by atoms with Crippen LogP contribution >= 0.6 is 23.2 Å². The van der Waals surface area contributed by atoms with E-state index >= 15 is 0 Å². The molecule has 65 valence electrons. The second kappa shape index (κ2) is 4.74. The van der Waals surface area contributed by atoms with Gasteiger partial charge in [-0.15, -0.1) is 0 Å². The lowest BCUT2D eigenvalue weighted by Crippen LogP contribution is -1.86. The molecule has 0 amide bonds. The van der Waals surface area contributed by atoms with Crippen LogP contribution in [0.3, 0.4) is 0 Å². The summed E-state index contributed by atoms with van der Waals surface area (Å²) >= 11 is 11.8. The lowest BCUT2D eigenvalue weighted by Gasteiger charge is -2.03. The van der Waals surface area contributed by atoms with Gasteiger partial charge in [0, 0.05) is 0 Å². The zero-order chi connectivity index (χ0) is 8.97. The first kappa shape index (κ1) is 9.88. The number of aryl methyl sites for hydroxylation is 1. The van der Waals surface area contributed by atoms with Crippen LogP contribution in [0, 0.1) is 6.92 Å². The first-order valence-electron chi connectivity index (χ1n) is 3.98. The lowest BCUT2D eigenvalue weighted by atomic mass is 10.1. The van der Waals surface area contributed by atoms with E-state index in [1.165, 1.54) is 0 Å². The number of hydrogen-bond acceptors (Lipinski definition) is 0. The molecule has 0 fully saturated rings. The maximum atomic E-state index is 5.98. The summed E-state index contributed by atoms with van der Waals surface area (Å²) in [4.78, 5) is 0. The van der Waals surface area contributed by atoms with Crippen molar-refractivity contribution in [3.8, 4) is 0 Å². The molecule has 0 N–H and O–H groups in total. The summed E-state index contributed by atoms with van der Waals surface area (Å²) in [6.07, 6.45) is 2.95. The zero-order valence-electron chi connectivity index (χ0n) is 6.82. The third-order valence-corrected chi connectivity index (χ3v) is 2.59. The lowest BCUT2D eigenvalue weighted by molar-refractivity contribution is 0.841. The molecule has 1 radical (unpaired) electrons. The second-order valence-corrected chi connectivity index (χ2v) is 3.46. The van der Waals surface area contributed by atoms with Crippen molar-refractivity contribution in [3.63, 3.8) is 0 Å². The molecule has 0 saturated heterocycles. The van der Waals surface area contributed by atoms with Crippen molar-refractivity contribution in [2.24, 2.45) is 0 Å². The Labute approximate surface area is 83.5 Å². The van der Waals surface area contributed by atoms with Crippen molar-refractivity contribution < 1.29 is 0 Å². The van der Waals surface area contributed by atoms with Gasteiger partial charge in [-0.1, -0.05) is 48.7 Å². The van der Waals surface area contributed by atoms with Crippen molar-refractivity contribution in [1.82, 2.24) is 0 Å². The van der Waals surface area contributed by atoms with Crippen LogP contribution in [-0.2, 0) is 6.42 Å². The van der Waals surface area contributed by atoms with E-state index in [0.717, 1.165) is 24.8 Å². The molecule has 0 atom stereocenters. The van der Waals surface area contributed by atoms with Gasteiger partial charge in [0.1, 0.15) is 0 Å². The Balaban J connectivity index is 2.78. The minimum absolute atomic E-state index is 0.637. The fraction of sp³-hybridized carbons (Fsp3) is 0.300. The standard InChI is InChI=1S/C10H11Cl2/c1-2-3-5-8-6-4-7-9(11)10(8)12/h4,6-7H,1-3,5H2. The van der Waals surface area contributed by atoms with Crippen LogP contribution in [0.2, 0.25) is 10.0 Å². The Morgan fingerprint density at radius 3 is 2.67 bits per heavy atom. The molecule has 0 bridgehead atoms. The Hall–Kier alpha value is -0.200. The van der Waals surface area contributed by atoms with Crippen molar-refractivity contribution in [2.45, 2.75) is 19.3 Å². The van der Waals surface area contributed by atoms with Gasteiger partial charge in [-0.25, -0.2) is 0 Å². The van der Waals surface area contributed by atoms with Gasteiger partial charge < -0.3 is 0 Å². The van der Waals surface area contributed by atoms with E-state index in [0.29, 0.717) is 10.0 Å². The minimum Gasteiger partial charge on any atom is -0.0827 e. The van der Waals surface area contributed by atoms with Crippen molar-refractivity contribution >= 4 is 23.2 Å². The van der Waals surface area contributed by atoms with E-state index in [1.54, 1.807) is 6.07 Å². The van der Waals surface area contributed by atoms with E-state index in [4.69, 9.17) is 23.2 Å². The topological polar surface area (TPSA) is 0 Å². The quantitative estimate of drug-likeness (QED) is 0.690. The van der Waals surface area contributed by atoms with Crippen LogP contribution < -0.4 is 0 Å². The fourth-order valence-corrected chi connectivity index (χ4v) is 1.47. The fourth-order valence-electron chi connectivity index (χ4n) is 1.06. The zero-order valence-corrected chi connectivity index (χ0v) is 8.33. The summed E-state index contributed by atoms with van der Waals surface area (Å²) in [5.74, 6) is 0. The number of hydrogen-bond donors (Lipinski definition) is 0. The molecule has 12 heavy (non-hydrogen) atoms. The average Bonchev–Trinajstić information content (AvgIpc) is 2.08. The summed E-state index contributed by atoms with van der Waals surface area (Å²) in [5, 5.41) is 1.32. The van der Waals surface area contributed by atoms with E-state index < -0.39 is 0 Å². The van der Waals surface area contributed by atoms with Gasteiger partial charge in [-0.3, -0.25) is 0 Å². The van der Waals surface area contributed by atoms with Crippen LogP contribution in [0.1, 0.15) is 18.4 Å². The largest absolute Gasteiger partial charge is 0.0827 e. The third kappa shape index (κ3) is 2.40. The predicted molar refractivity (Wildman–Crippen MR) is 54.8 cm³/mol. The highest BCUT2D eigenvalue weighted by atomic mass is 35.5. The molecule has 2 heteroatoms. The van der Waals surface area contributed by atoms with Gasteiger partial charge in [0.2, 0.25) is 0 Å². The van der Waals surface area contributed by atoms with Crippen LogP contribution in [0.25, 0.3) is 0 Å². The maximum absolute atomic E-state index is 5.98. The molecule has 0 unspecified atom stereocenters. The summed E-state index contributed by atoms with van der Waals surface area (Å²) in [7, 11) is 0. The second-order valence-electron chi connectivity index (χ2n) is 2.67. The molecule has 0 heterocycles. The Bertz CT molecular complexity index is 256. The van der Waals surface area contributed by atoms with Gasteiger partial charge in [-0.2, -0.15) is 0 Å². The molecular formula is C10H11Cl2. The van der Waals surface area contributed by atoms with Crippen LogP contribution in [0.4, 0.5) is 0 Å². The Morgan fingerprint density at radius 1 is 1.25 bits per heavy atom. The Morgan fingerprint density at radius 2 is 2.00 bits per heavy atom. The molecule has 0 saturated carbocycles. The highest BCUT2D eigenvalue weighted by Crippen LogP contribution is 2.26. The van der Waals surface area contributed by atoms with Gasteiger partial charge >= 0.3 is 0 Å². The predicted octanol–water partition coefficient (Wildman–Crippen LogP) is 4.15.